The molecule has 1 aliphatic heterocycles. The van der Waals surface area contributed by atoms with Crippen LogP contribution in [0.1, 0.15) is 27.7 Å². The number of fused-ring (bicyclic) bond motifs is 4. The fourth-order valence-electron chi connectivity index (χ4n) is 4.56. The molecule has 5 aromatic rings. The number of furan rings is 1. The molecule has 4 aromatic carbocycles. The average molecular weight is 420 g/mol. The van der Waals surface area contributed by atoms with Gasteiger partial charge in [0.2, 0.25) is 0 Å². The lowest BCUT2D eigenvalue weighted by molar-refractivity contribution is 0.00578. The van der Waals surface area contributed by atoms with Crippen LogP contribution in [0.3, 0.4) is 0 Å². The lowest BCUT2D eigenvalue weighted by Crippen LogP contribution is -2.41. The third-order valence-electron chi connectivity index (χ3n) is 7.12. The average Bonchev–Trinajstić information content (AvgIpc) is 3.25. The predicted octanol–water partition coefficient (Wildman–Crippen LogP) is 6.71. The second-order valence-corrected chi connectivity index (χ2v) is 9.68. The summed E-state index contributed by atoms with van der Waals surface area (Å²) in [7, 11) is -0.399. The maximum Gasteiger partial charge on any atom is 0.494 e. The highest BCUT2D eigenvalue weighted by atomic mass is 16.7. The molecule has 0 aliphatic carbocycles. The van der Waals surface area contributed by atoms with E-state index in [-0.39, 0.29) is 11.2 Å². The van der Waals surface area contributed by atoms with Gasteiger partial charge in [0.25, 0.3) is 0 Å². The van der Waals surface area contributed by atoms with Gasteiger partial charge in [-0.05, 0) is 73.3 Å². The van der Waals surface area contributed by atoms with Crippen LogP contribution in [0.5, 0.6) is 0 Å². The van der Waals surface area contributed by atoms with E-state index < -0.39 is 7.12 Å². The van der Waals surface area contributed by atoms with Gasteiger partial charge in [-0.3, -0.25) is 0 Å². The van der Waals surface area contributed by atoms with Gasteiger partial charge in [0.05, 0.1) is 11.2 Å². The van der Waals surface area contributed by atoms with E-state index >= 15 is 0 Å². The summed E-state index contributed by atoms with van der Waals surface area (Å²) in [6.45, 7) is 8.28. The van der Waals surface area contributed by atoms with E-state index in [0.29, 0.717) is 0 Å². The van der Waals surface area contributed by atoms with Gasteiger partial charge in [-0.15, -0.1) is 0 Å². The SMILES string of the molecule is CC1(C)OB(c2ccc3c(c2)oc2ccc(-c4cccc5ccccc45)cc23)OC1(C)C. The zero-order chi connectivity index (χ0) is 22.1. The lowest BCUT2D eigenvalue weighted by Gasteiger charge is -2.32. The van der Waals surface area contributed by atoms with E-state index in [1.807, 2.05) is 0 Å². The van der Waals surface area contributed by atoms with Crippen molar-refractivity contribution in [2.75, 3.05) is 0 Å². The van der Waals surface area contributed by atoms with Gasteiger partial charge in [0.1, 0.15) is 11.2 Å². The molecule has 3 nitrogen and oxygen atoms in total. The molecule has 0 unspecified atom stereocenters. The van der Waals surface area contributed by atoms with Gasteiger partial charge < -0.3 is 13.7 Å². The molecule has 0 spiro atoms. The highest BCUT2D eigenvalue weighted by molar-refractivity contribution is 6.62. The third kappa shape index (κ3) is 2.91. The Balaban J connectivity index is 1.45. The first-order chi connectivity index (χ1) is 15.3. The summed E-state index contributed by atoms with van der Waals surface area (Å²) >= 11 is 0. The molecule has 0 radical (unpaired) electrons. The molecule has 1 fully saturated rings. The number of hydrogen-bond acceptors (Lipinski definition) is 3. The van der Waals surface area contributed by atoms with Crippen molar-refractivity contribution in [2.24, 2.45) is 0 Å². The molecule has 2 heterocycles. The molecule has 6 rings (SSSR count). The second-order valence-electron chi connectivity index (χ2n) is 9.68. The van der Waals surface area contributed by atoms with Crippen molar-refractivity contribution >= 4 is 45.3 Å². The summed E-state index contributed by atoms with van der Waals surface area (Å²) < 4.78 is 18.7. The maximum atomic E-state index is 6.23. The topological polar surface area (TPSA) is 31.6 Å². The normalized spacial score (nSPS) is 17.6. The van der Waals surface area contributed by atoms with Gasteiger partial charge in [-0.25, -0.2) is 0 Å². The molecule has 1 aliphatic rings. The monoisotopic (exact) mass is 420 g/mol. The van der Waals surface area contributed by atoms with Crippen LogP contribution in [0.4, 0.5) is 0 Å². The van der Waals surface area contributed by atoms with E-state index in [4.69, 9.17) is 13.7 Å². The van der Waals surface area contributed by atoms with Crippen LogP contribution in [0, 0.1) is 0 Å². The quantitative estimate of drug-likeness (QED) is 0.298. The summed E-state index contributed by atoms with van der Waals surface area (Å²) in [5, 5.41) is 4.72. The molecule has 32 heavy (non-hydrogen) atoms. The minimum atomic E-state index is -0.399. The summed E-state index contributed by atoms with van der Waals surface area (Å²) in [4.78, 5) is 0. The first-order valence-electron chi connectivity index (χ1n) is 11.1. The zero-order valence-corrected chi connectivity index (χ0v) is 18.8. The standard InChI is InChI=1S/C28H25BO3/c1-27(2)28(3,4)32-29(31-27)20-13-14-23-24-16-19(12-15-25(24)30-26(23)17-20)22-11-7-9-18-8-5-6-10-21(18)22/h5-17H,1-4H3. The Kier molecular flexibility index (Phi) is 4.11. The van der Waals surface area contributed by atoms with Crippen LogP contribution < -0.4 is 5.46 Å². The van der Waals surface area contributed by atoms with Crippen molar-refractivity contribution in [3.63, 3.8) is 0 Å². The number of benzene rings is 4. The smallest absolute Gasteiger partial charge is 0.456 e. The van der Waals surface area contributed by atoms with Crippen LogP contribution in [0.25, 0.3) is 43.8 Å². The Morgan fingerprint density at radius 2 is 1.38 bits per heavy atom. The van der Waals surface area contributed by atoms with E-state index in [1.165, 1.54) is 21.9 Å². The summed E-state index contributed by atoms with van der Waals surface area (Å²) in [5.41, 5.74) is 4.39. The largest absolute Gasteiger partial charge is 0.494 e. The lowest BCUT2D eigenvalue weighted by atomic mass is 9.79. The van der Waals surface area contributed by atoms with Gasteiger partial charge in [-0.2, -0.15) is 0 Å². The Bertz CT molecular complexity index is 1470. The van der Waals surface area contributed by atoms with Crippen LogP contribution in [0.15, 0.2) is 83.3 Å². The van der Waals surface area contributed by atoms with Gasteiger partial charge in [-0.1, -0.05) is 60.7 Å². The van der Waals surface area contributed by atoms with Crippen molar-refractivity contribution < 1.29 is 13.7 Å². The minimum Gasteiger partial charge on any atom is -0.456 e. The molecule has 1 aromatic heterocycles. The first-order valence-corrected chi connectivity index (χ1v) is 11.1. The Morgan fingerprint density at radius 3 is 2.19 bits per heavy atom. The van der Waals surface area contributed by atoms with Crippen LogP contribution in [-0.4, -0.2) is 18.3 Å². The van der Waals surface area contributed by atoms with Gasteiger partial charge >= 0.3 is 7.12 Å². The number of hydrogen-bond donors (Lipinski definition) is 0. The van der Waals surface area contributed by atoms with Crippen LogP contribution in [0.2, 0.25) is 0 Å². The molecule has 0 N–H and O–H groups in total. The van der Waals surface area contributed by atoms with E-state index in [0.717, 1.165) is 27.4 Å². The van der Waals surface area contributed by atoms with Crippen molar-refractivity contribution in [2.45, 2.75) is 38.9 Å². The fraction of sp³-hybridized carbons (Fsp3) is 0.214. The zero-order valence-electron chi connectivity index (χ0n) is 18.8. The predicted molar refractivity (Wildman–Crippen MR) is 132 cm³/mol. The highest BCUT2D eigenvalue weighted by Gasteiger charge is 2.51. The molecule has 0 saturated carbocycles. The van der Waals surface area contributed by atoms with E-state index in [2.05, 4.69) is 107 Å². The fourth-order valence-corrected chi connectivity index (χ4v) is 4.56. The number of rotatable bonds is 2. The van der Waals surface area contributed by atoms with Gasteiger partial charge in [0, 0.05) is 10.8 Å². The van der Waals surface area contributed by atoms with E-state index in [9.17, 15) is 0 Å². The van der Waals surface area contributed by atoms with Crippen molar-refractivity contribution in [3.8, 4) is 11.1 Å². The van der Waals surface area contributed by atoms with Crippen LogP contribution >= 0.6 is 0 Å². The van der Waals surface area contributed by atoms with Crippen LogP contribution in [-0.2, 0) is 9.31 Å². The molecule has 1 saturated heterocycles. The Labute approximate surface area is 188 Å². The molecule has 0 atom stereocenters. The summed E-state index contributed by atoms with van der Waals surface area (Å²) in [6.07, 6.45) is 0. The highest BCUT2D eigenvalue weighted by Crippen LogP contribution is 2.38. The van der Waals surface area contributed by atoms with E-state index in [1.54, 1.807) is 0 Å². The molecule has 0 bridgehead atoms. The molecule has 0 amide bonds. The second kappa shape index (κ2) is 6.71. The Morgan fingerprint density at radius 1 is 0.625 bits per heavy atom. The molecular weight excluding hydrogens is 395 g/mol. The van der Waals surface area contributed by atoms with Gasteiger partial charge in [0.15, 0.2) is 0 Å². The summed E-state index contributed by atoms with van der Waals surface area (Å²) in [5.74, 6) is 0. The third-order valence-corrected chi connectivity index (χ3v) is 7.12. The first kappa shape index (κ1) is 19.6. The van der Waals surface area contributed by atoms with Crippen molar-refractivity contribution in [1.29, 1.82) is 0 Å². The van der Waals surface area contributed by atoms with Crippen molar-refractivity contribution in [1.82, 2.24) is 0 Å². The Hall–Kier alpha value is -3.08. The minimum absolute atomic E-state index is 0.367. The molecule has 158 valence electrons. The molecular formula is C28H25BO3. The van der Waals surface area contributed by atoms with Crippen molar-refractivity contribution in [3.05, 3.63) is 78.9 Å². The summed E-state index contributed by atoms with van der Waals surface area (Å²) in [6, 6.07) is 27.7. The maximum absolute atomic E-state index is 6.23. The molecule has 4 heteroatoms.